The lowest BCUT2D eigenvalue weighted by Gasteiger charge is -2.19. The number of halogens is 1. The second-order valence-corrected chi connectivity index (χ2v) is 6.95. The van der Waals surface area contributed by atoms with Crippen LogP contribution in [-0.4, -0.2) is 16.7 Å². The molecule has 4 rings (SSSR count). The fourth-order valence-corrected chi connectivity index (χ4v) is 3.37. The minimum absolute atomic E-state index is 0.353. The molecule has 6 heteroatoms. The van der Waals surface area contributed by atoms with Crippen molar-refractivity contribution in [3.05, 3.63) is 93.7 Å². The summed E-state index contributed by atoms with van der Waals surface area (Å²) in [6, 6.07) is 19.0. The SMILES string of the molecule is N#Cc1ccc(N2Cc3ccccc3C2=NC(=O)c2cncc(Br)c2)cc1. The Morgan fingerprint density at radius 1 is 1.15 bits per heavy atom. The van der Waals surface area contributed by atoms with E-state index < -0.39 is 0 Å². The molecule has 0 saturated carbocycles. The van der Waals surface area contributed by atoms with Crippen molar-refractivity contribution in [3.63, 3.8) is 0 Å². The van der Waals surface area contributed by atoms with Crippen LogP contribution in [0.5, 0.6) is 0 Å². The summed E-state index contributed by atoms with van der Waals surface area (Å²) in [7, 11) is 0. The Morgan fingerprint density at radius 2 is 1.93 bits per heavy atom. The number of nitrogens with zero attached hydrogens (tertiary/aromatic N) is 4. The van der Waals surface area contributed by atoms with E-state index in [1.54, 1.807) is 24.4 Å². The Morgan fingerprint density at radius 3 is 2.67 bits per heavy atom. The number of fused-ring (bicyclic) bond motifs is 1. The van der Waals surface area contributed by atoms with Gasteiger partial charge in [0.2, 0.25) is 0 Å². The minimum Gasteiger partial charge on any atom is -0.321 e. The van der Waals surface area contributed by atoms with Gasteiger partial charge in [-0.25, -0.2) is 0 Å². The fraction of sp³-hybridized carbons (Fsp3) is 0.0476. The van der Waals surface area contributed by atoms with Gasteiger partial charge in [0.25, 0.3) is 5.91 Å². The van der Waals surface area contributed by atoms with Gasteiger partial charge in [0.1, 0.15) is 5.84 Å². The van der Waals surface area contributed by atoms with E-state index in [2.05, 4.69) is 32.0 Å². The Kier molecular flexibility index (Phi) is 4.53. The molecule has 2 heterocycles. The maximum atomic E-state index is 12.7. The number of nitriles is 1. The number of carbonyl (C=O) groups excluding carboxylic acids is 1. The zero-order valence-corrected chi connectivity index (χ0v) is 15.7. The third-order valence-corrected chi connectivity index (χ3v) is 4.74. The molecule has 0 N–H and O–H groups in total. The predicted molar refractivity (Wildman–Crippen MR) is 107 cm³/mol. The van der Waals surface area contributed by atoms with E-state index in [-0.39, 0.29) is 5.91 Å². The van der Waals surface area contributed by atoms with Gasteiger partial charge in [0.15, 0.2) is 0 Å². The van der Waals surface area contributed by atoms with Crippen molar-refractivity contribution in [1.29, 1.82) is 5.26 Å². The van der Waals surface area contributed by atoms with Crippen LogP contribution in [0.2, 0.25) is 0 Å². The number of benzene rings is 2. The lowest BCUT2D eigenvalue weighted by Crippen LogP contribution is -2.25. The van der Waals surface area contributed by atoms with Crippen molar-refractivity contribution in [3.8, 4) is 6.07 Å². The number of hydrogen-bond acceptors (Lipinski definition) is 3. The molecule has 0 saturated heterocycles. The highest BCUT2D eigenvalue weighted by atomic mass is 79.9. The van der Waals surface area contributed by atoms with E-state index in [0.717, 1.165) is 21.3 Å². The van der Waals surface area contributed by atoms with Crippen LogP contribution in [0, 0.1) is 11.3 Å². The second kappa shape index (κ2) is 7.14. The van der Waals surface area contributed by atoms with Crippen LogP contribution in [0.1, 0.15) is 27.0 Å². The van der Waals surface area contributed by atoms with E-state index in [0.29, 0.717) is 23.5 Å². The van der Waals surface area contributed by atoms with Crippen LogP contribution >= 0.6 is 15.9 Å². The van der Waals surface area contributed by atoms with Crippen LogP contribution < -0.4 is 4.90 Å². The summed E-state index contributed by atoms with van der Waals surface area (Å²) >= 11 is 3.33. The summed E-state index contributed by atoms with van der Waals surface area (Å²) in [5.41, 5.74) is 3.91. The molecule has 130 valence electrons. The number of rotatable bonds is 2. The third kappa shape index (κ3) is 3.37. The minimum atomic E-state index is -0.353. The van der Waals surface area contributed by atoms with Crippen LogP contribution in [0.4, 0.5) is 5.69 Å². The summed E-state index contributed by atoms with van der Waals surface area (Å²) in [5, 5.41) is 9.01. The van der Waals surface area contributed by atoms with Crippen LogP contribution in [0.3, 0.4) is 0 Å². The zero-order chi connectivity index (χ0) is 18.8. The molecule has 0 unspecified atom stereocenters. The molecule has 0 spiro atoms. The summed E-state index contributed by atoms with van der Waals surface area (Å²) in [4.78, 5) is 23.1. The monoisotopic (exact) mass is 416 g/mol. The molecule has 0 radical (unpaired) electrons. The normalized spacial score (nSPS) is 14.1. The second-order valence-electron chi connectivity index (χ2n) is 6.03. The van der Waals surface area contributed by atoms with Crippen LogP contribution in [-0.2, 0) is 6.54 Å². The first-order valence-corrected chi connectivity index (χ1v) is 9.04. The Bertz CT molecular complexity index is 1100. The van der Waals surface area contributed by atoms with Crippen LogP contribution in [0.15, 0.2) is 76.5 Å². The standard InChI is InChI=1S/C21H13BrN4O/c22-17-9-16(11-24-12-17)21(27)25-20-19-4-2-1-3-15(19)13-26(20)18-7-5-14(10-23)6-8-18/h1-9,11-12H,13H2. The third-order valence-electron chi connectivity index (χ3n) is 4.31. The van der Waals surface area contributed by atoms with Crippen molar-refractivity contribution in [1.82, 2.24) is 4.98 Å². The predicted octanol–water partition coefficient (Wildman–Crippen LogP) is 4.32. The average Bonchev–Trinajstić information content (AvgIpc) is 3.06. The van der Waals surface area contributed by atoms with Crippen LogP contribution in [0.25, 0.3) is 0 Å². The van der Waals surface area contributed by atoms with Gasteiger partial charge in [-0.15, -0.1) is 0 Å². The largest absolute Gasteiger partial charge is 0.321 e. The smallest absolute Gasteiger partial charge is 0.280 e. The molecule has 0 aliphatic carbocycles. The van der Waals surface area contributed by atoms with Crippen molar-refractivity contribution in [2.45, 2.75) is 6.54 Å². The molecule has 27 heavy (non-hydrogen) atoms. The maximum Gasteiger partial charge on any atom is 0.280 e. The van der Waals surface area contributed by atoms with E-state index >= 15 is 0 Å². The molecule has 1 aromatic heterocycles. The lowest BCUT2D eigenvalue weighted by atomic mass is 10.1. The Labute approximate surface area is 164 Å². The number of amidine groups is 1. The van der Waals surface area contributed by atoms with E-state index in [9.17, 15) is 4.79 Å². The van der Waals surface area contributed by atoms with E-state index in [4.69, 9.17) is 5.26 Å². The van der Waals surface area contributed by atoms with Gasteiger partial charge in [-0.05, 0) is 51.8 Å². The first-order valence-electron chi connectivity index (χ1n) is 8.25. The number of pyridine rings is 1. The van der Waals surface area contributed by atoms with Gasteiger partial charge < -0.3 is 4.90 Å². The zero-order valence-electron chi connectivity index (χ0n) is 14.1. The molecular weight excluding hydrogens is 404 g/mol. The Balaban J connectivity index is 1.77. The molecule has 5 nitrogen and oxygen atoms in total. The van der Waals surface area contributed by atoms with Crippen molar-refractivity contribution in [2.75, 3.05) is 4.90 Å². The van der Waals surface area contributed by atoms with E-state index in [1.807, 2.05) is 41.3 Å². The van der Waals surface area contributed by atoms with Crippen molar-refractivity contribution in [2.24, 2.45) is 4.99 Å². The van der Waals surface area contributed by atoms with Crippen molar-refractivity contribution < 1.29 is 4.79 Å². The van der Waals surface area contributed by atoms with Gasteiger partial charge >= 0.3 is 0 Å². The van der Waals surface area contributed by atoms with E-state index in [1.165, 1.54) is 6.20 Å². The molecule has 1 aliphatic heterocycles. The summed E-state index contributed by atoms with van der Waals surface area (Å²) in [6.45, 7) is 0.616. The quantitative estimate of drug-likeness (QED) is 0.623. The highest BCUT2D eigenvalue weighted by molar-refractivity contribution is 9.10. The number of anilines is 1. The fourth-order valence-electron chi connectivity index (χ4n) is 3.01. The number of carbonyl (C=O) groups is 1. The number of aromatic nitrogens is 1. The first-order chi connectivity index (χ1) is 13.2. The summed E-state index contributed by atoms with van der Waals surface area (Å²) in [5.74, 6) is 0.245. The van der Waals surface area contributed by atoms with Gasteiger partial charge in [0, 0.05) is 28.1 Å². The summed E-state index contributed by atoms with van der Waals surface area (Å²) < 4.78 is 0.726. The topological polar surface area (TPSA) is 69.3 Å². The average molecular weight is 417 g/mol. The first kappa shape index (κ1) is 17.1. The molecular formula is C21H13BrN4O. The molecule has 3 aromatic rings. The molecule has 1 amide bonds. The molecule has 0 bridgehead atoms. The lowest BCUT2D eigenvalue weighted by molar-refractivity contribution is 0.100. The maximum absolute atomic E-state index is 12.7. The summed E-state index contributed by atoms with van der Waals surface area (Å²) in [6.07, 6.45) is 3.13. The number of amides is 1. The number of aliphatic imine (C=N–C) groups is 1. The highest BCUT2D eigenvalue weighted by Crippen LogP contribution is 2.29. The van der Waals surface area contributed by atoms with Gasteiger partial charge in [-0.1, -0.05) is 24.3 Å². The van der Waals surface area contributed by atoms with Gasteiger partial charge in [-0.2, -0.15) is 10.3 Å². The Hall–Kier alpha value is -3.30. The number of hydrogen-bond donors (Lipinski definition) is 0. The van der Waals surface area contributed by atoms with Gasteiger partial charge in [-0.3, -0.25) is 9.78 Å². The molecule has 0 atom stereocenters. The van der Waals surface area contributed by atoms with Gasteiger partial charge in [0.05, 0.1) is 23.7 Å². The van der Waals surface area contributed by atoms with Crippen molar-refractivity contribution >= 4 is 33.4 Å². The molecule has 2 aromatic carbocycles. The molecule has 1 aliphatic rings. The highest BCUT2D eigenvalue weighted by Gasteiger charge is 2.27. The molecule has 0 fully saturated rings.